The minimum absolute atomic E-state index is 0.123. The maximum absolute atomic E-state index is 12.9. The molecule has 3 heterocycles. The molecule has 0 fully saturated rings. The highest BCUT2D eigenvalue weighted by molar-refractivity contribution is 5.91. The van der Waals surface area contributed by atoms with Crippen LogP contribution in [-0.2, 0) is 6.54 Å². The lowest BCUT2D eigenvalue weighted by molar-refractivity contribution is 0.0454. The number of hydrogen-bond acceptors (Lipinski definition) is 5. The van der Waals surface area contributed by atoms with Crippen molar-refractivity contribution in [3.63, 3.8) is 0 Å². The van der Waals surface area contributed by atoms with Gasteiger partial charge in [0.05, 0.1) is 13.1 Å². The minimum Gasteiger partial charge on any atom is -0.486 e. The Bertz CT molecular complexity index is 1050. The van der Waals surface area contributed by atoms with Crippen LogP contribution in [0.25, 0.3) is 0 Å². The molecule has 150 valence electrons. The zero-order chi connectivity index (χ0) is 20.2. The molecule has 3 aromatic rings. The second-order valence-corrected chi connectivity index (χ2v) is 6.77. The maximum atomic E-state index is 12.9. The van der Waals surface area contributed by atoms with Gasteiger partial charge >= 0.3 is 0 Å². The molecule has 0 aliphatic carbocycles. The molecule has 1 aliphatic heterocycles. The van der Waals surface area contributed by atoms with Gasteiger partial charge in [0.1, 0.15) is 12.4 Å². The minimum atomic E-state index is -0.258. The van der Waals surface area contributed by atoms with E-state index >= 15 is 0 Å². The van der Waals surface area contributed by atoms with Crippen LogP contribution in [0.4, 0.5) is 0 Å². The highest BCUT2D eigenvalue weighted by atomic mass is 16.6. The Balaban J connectivity index is 1.42. The van der Waals surface area contributed by atoms with E-state index in [1.165, 1.54) is 10.6 Å². The molecule has 0 saturated heterocycles. The molecular formula is C22H22N2O5. The first-order valence-electron chi connectivity index (χ1n) is 9.56. The van der Waals surface area contributed by atoms with Gasteiger partial charge in [-0.1, -0.05) is 18.2 Å². The number of furan rings is 1. The molecule has 0 spiro atoms. The first-order valence-corrected chi connectivity index (χ1v) is 9.56. The Morgan fingerprint density at radius 1 is 1.10 bits per heavy atom. The van der Waals surface area contributed by atoms with Crippen molar-refractivity contribution in [2.75, 3.05) is 19.7 Å². The number of amides is 1. The molecule has 2 aromatic heterocycles. The fourth-order valence-electron chi connectivity index (χ4n) is 3.25. The van der Waals surface area contributed by atoms with Crippen molar-refractivity contribution in [2.45, 2.75) is 19.6 Å². The van der Waals surface area contributed by atoms with Crippen LogP contribution >= 0.6 is 0 Å². The average molecular weight is 394 g/mol. The number of rotatable bonds is 6. The van der Waals surface area contributed by atoms with Gasteiger partial charge in [-0.05, 0) is 37.3 Å². The van der Waals surface area contributed by atoms with Crippen LogP contribution in [-0.4, -0.2) is 41.2 Å². The highest BCUT2D eigenvalue weighted by Crippen LogP contribution is 2.31. The second kappa shape index (κ2) is 8.26. The monoisotopic (exact) mass is 394 g/mol. The Morgan fingerprint density at radius 3 is 2.69 bits per heavy atom. The van der Waals surface area contributed by atoms with Crippen LogP contribution in [0.2, 0.25) is 0 Å². The van der Waals surface area contributed by atoms with Gasteiger partial charge in [0.25, 0.3) is 11.5 Å². The van der Waals surface area contributed by atoms with E-state index in [9.17, 15) is 9.59 Å². The van der Waals surface area contributed by atoms with Gasteiger partial charge in [-0.25, -0.2) is 0 Å². The molecule has 7 nitrogen and oxygen atoms in total. The van der Waals surface area contributed by atoms with Gasteiger partial charge in [0.2, 0.25) is 0 Å². The summed E-state index contributed by atoms with van der Waals surface area (Å²) in [5, 5.41) is 0. The van der Waals surface area contributed by atoms with Gasteiger partial charge in [0, 0.05) is 18.8 Å². The van der Waals surface area contributed by atoms with E-state index in [2.05, 4.69) is 0 Å². The Kier molecular flexibility index (Phi) is 5.37. The standard InChI is InChI=1S/C22H22N2O5/c1-2-23(14-17-15-27-18-7-3-4-8-19(18)29-17)22(26)20-11-10-16(28-20)13-24-12-6-5-9-21(24)25/h3-12,17H,2,13-15H2,1H3. The lowest BCUT2D eigenvalue weighted by Gasteiger charge is -2.30. The van der Waals surface area contributed by atoms with Crippen LogP contribution in [0, 0.1) is 0 Å². The Morgan fingerprint density at radius 2 is 1.90 bits per heavy atom. The molecule has 1 amide bonds. The molecular weight excluding hydrogens is 372 g/mol. The Hall–Kier alpha value is -3.48. The van der Waals surface area contributed by atoms with E-state index in [1.807, 2.05) is 31.2 Å². The SMILES string of the molecule is CCN(CC1COc2ccccc2O1)C(=O)c1ccc(Cn2ccccc2=O)o1. The summed E-state index contributed by atoms with van der Waals surface area (Å²) in [6.07, 6.45) is 1.43. The normalized spacial score (nSPS) is 15.1. The third kappa shape index (κ3) is 4.18. The maximum Gasteiger partial charge on any atom is 0.289 e. The molecule has 1 aromatic carbocycles. The summed E-state index contributed by atoms with van der Waals surface area (Å²) in [6.45, 7) is 3.45. The summed E-state index contributed by atoms with van der Waals surface area (Å²) < 4.78 is 18.9. The number of fused-ring (bicyclic) bond motifs is 1. The first kappa shape index (κ1) is 18.9. The van der Waals surface area contributed by atoms with Crippen molar-refractivity contribution in [1.29, 1.82) is 0 Å². The highest BCUT2D eigenvalue weighted by Gasteiger charge is 2.26. The molecule has 4 rings (SSSR count). The smallest absolute Gasteiger partial charge is 0.289 e. The number of carbonyl (C=O) groups excluding carboxylic acids is 1. The van der Waals surface area contributed by atoms with E-state index in [4.69, 9.17) is 13.9 Å². The van der Waals surface area contributed by atoms with Crippen LogP contribution in [0.15, 0.2) is 70.0 Å². The lowest BCUT2D eigenvalue weighted by atomic mass is 10.2. The van der Waals surface area contributed by atoms with E-state index < -0.39 is 0 Å². The zero-order valence-corrected chi connectivity index (χ0v) is 16.1. The van der Waals surface area contributed by atoms with Crippen LogP contribution in [0.5, 0.6) is 11.5 Å². The number of likely N-dealkylation sites (N-methyl/N-ethyl adjacent to an activating group) is 1. The number of nitrogens with zero attached hydrogens (tertiary/aromatic N) is 2. The van der Waals surface area contributed by atoms with E-state index in [0.717, 1.165) is 0 Å². The summed E-state index contributed by atoms with van der Waals surface area (Å²) in [4.78, 5) is 26.4. The van der Waals surface area contributed by atoms with Crippen LogP contribution in [0.1, 0.15) is 23.2 Å². The van der Waals surface area contributed by atoms with Crippen molar-refractivity contribution in [2.24, 2.45) is 0 Å². The van der Waals surface area contributed by atoms with Crippen LogP contribution < -0.4 is 15.0 Å². The molecule has 1 atom stereocenters. The predicted molar refractivity (Wildman–Crippen MR) is 106 cm³/mol. The molecule has 0 bridgehead atoms. The molecule has 0 saturated carbocycles. The second-order valence-electron chi connectivity index (χ2n) is 6.77. The third-order valence-corrected chi connectivity index (χ3v) is 4.76. The fourth-order valence-corrected chi connectivity index (χ4v) is 3.25. The first-order chi connectivity index (χ1) is 14.1. The summed E-state index contributed by atoms with van der Waals surface area (Å²) in [5.74, 6) is 1.96. The van der Waals surface area contributed by atoms with Gasteiger partial charge in [-0.15, -0.1) is 0 Å². The molecule has 1 unspecified atom stereocenters. The summed E-state index contributed by atoms with van der Waals surface area (Å²) in [7, 11) is 0. The van der Waals surface area contributed by atoms with Crippen molar-refractivity contribution < 1.29 is 18.7 Å². The van der Waals surface area contributed by atoms with Crippen molar-refractivity contribution in [1.82, 2.24) is 9.47 Å². The van der Waals surface area contributed by atoms with Gasteiger partial charge in [-0.3, -0.25) is 9.59 Å². The number of pyridine rings is 1. The summed E-state index contributed by atoms with van der Waals surface area (Å²) >= 11 is 0. The molecule has 0 radical (unpaired) electrons. The molecule has 1 aliphatic rings. The number of ether oxygens (including phenoxy) is 2. The van der Waals surface area contributed by atoms with Crippen LogP contribution in [0.3, 0.4) is 0 Å². The molecule has 29 heavy (non-hydrogen) atoms. The van der Waals surface area contributed by atoms with Crippen molar-refractivity contribution in [3.8, 4) is 11.5 Å². The number of para-hydroxylation sites is 2. The summed E-state index contributed by atoms with van der Waals surface area (Å²) in [6, 6.07) is 15.8. The van der Waals surface area contributed by atoms with Gasteiger partial charge < -0.3 is 23.4 Å². The fraction of sp³-hybridized carbons (Fsp3) is 0.273. The third-order valence-electron chi connectivity index (χ3n) is 4.76. The summed E-state index contributed by atoms with van der Waals surface area (Å²) in [5.41, 5.74) is -0.123. The topological polar surface area (TPSA) is 73.9 Å². The number of benzene rings is 1. The van der Waals surface area contributed by atoms with E-state index in [1.54, 1.807) is 35.4 Å². The van der Waals surface area contributed by atoms with Crippen molar-refractivity contribution in [3.05, 3.63) is 82.7 Å². The van der Waals surface area contributed by atoms with Gasteiger partial charge in [0.15, 0.2) is 23.4 Å². The van der Waals surface area contributed by atoms with E-state index in [0.29, 0.717) is 37.0 Å². The largest absolute Gasteiger partial charge is 0.486 e. The number of hydrogen-bond donors (Lipinski definition) is 0. The quantitative estimate of drug-likeness (QED) is 0.643. The predicted octanol–water partition coefficient (Wildman–Crippen LogP) is 2.79. The average Bonchev–Trinajstić information content (AvgIpc) is 3.21. The van der Waals surface area contributed by atoms with Crippen molar-refractivity contribution >= 4 is 5.91 Å². The number of carbonyl (C=O) groups is 1. The molecule has 7 heteroatoms. The number of aromatic nitrogens is 1. The zero-order valence-electron chi connectivity index (χ0n) is 16.1. The van der Waals surface area contributed by atoms with E-state index in [-0.39, 0.29) is 29.9 Å². The van der Waals surface area contributed by atoms with Gasteiger partial charge in [-0.2, -0.15) is 0 Å². The Labute approximate surface area is 168 Å². The lowest BCUT2D eigenvalue weighted by Crippen LogP contribution is -2.43. The molecule has 0 N–H and O–H groups in total.